The fourth-order valence-electron chi connectivity index (χ4n) is 3.63. The second kappa shape index (κ2) is 9.48. The van der Waals surface area contributed by atoms with Gasteiger partial charge in [0.15, 0.2) is 5.78 Å². The summed E-state index contributed by atoms with van der Waals surface area (Å²) in [4.78, 5) is 43.8. The Morgan fingerprint density at radius 1 is 1.03 bits per heavy atom. The maximum Gasteiger partial charge on any atom is 0.244 e. The lowest BCUT2D eigenvalue weighted by Gasteiger charge is -2.22. The molecule has 0 aliphatic carbocycles. The van der Waals surface area contributed by atoms with Crippen molar-refractivity contribution in [2.24, 2.45) is 4.99 Å². The first-order chi connectivity index (χ1) is 15.9. The van der Waals surface area contributed by atoms with Gasteiger partial charge in [0.1, 0.15) is 12.3 Å². The van der Waals surface area contributed by atoms with Crippen LogP contribution in [0.5, 0.6) is 5.75 Å². The van der Waals surface area contributed by atoms with E-state index in [2.05, 4.69) is 5.32 Å². The first-order valence-electron chi connectivity index (χ1n) is 10.5. The molecule has 1 aliphatic rings. The third kappa shape index (κ3) is 4.98. The molecule has 0 unspecified atom stereocenters. The van der Waals surface area contributed by atoms with E-state index in [9.17, 15) is 14.4 Å². The smallest absolute Gasteiger partial charge is 0.244 e. The molecule has 0 saturated carbocycles. The normalized spacial score (nSPS) is 13.0. The molecule has 0 saturated heterocycles. The number of methoxy groups -OCH3 is 1. The predicted molar refractivity (Wildman–Crippen MR) is 128 cm³/mol. The van der Waals surface area contributed by atoms with Crippen molar-refractivity contribution in [3.8, 4) is 5.75 Å². The van der Waals surface area contributed by atoms with Gasteiger partial charge in [-0.3, -0.25) is 19.4 Å². The molecule has 0 radical (unpaired) electrons. The highest BCUT2D eigenvalue weighted by atomic mass is 16.5. The Bertz CT molecular complexity index is 1250. The number of nitrogens with zero attached hydrogens (tertiary/aromatic N) is 2. The molecule has 1 N–H and O–H groups in total. The molecule has 2 amide bonds. The van der Waals surface area contributed by atoms with Gasteiger partial charge in [-0.2, -0.15) is 0 Å². The number of ether oxygens (including phenoxy) is 1. The van der Waals surface area contributed by atoms with E-state index in [-0.39, 0.29) is 30.6 Å². The van der Waals surface area contributed by atoms with E-state index >= 15 is 0 Å². The van der Waals surface area contributed by atoms with Crippen molar-refractivity contribution in [2.75, 3.05) is 23.9 Å². The topological polar surface area (TPSA) is 88.1 Å². The SMILES string of the molecule is COc1ccc(C2=Nc3ccccc3N(CC(=O)Nc3cccc(C(C)=O)c3)C(=O)C2)cc1. The molecule has 166 valence electrons. The number of para-hydroxylation sites is 2. The van der Waals surface area contributed by atoms with Gasteiger partial charge >= 0.3 is 0 Å². The monoisotopic (exact) mass is 441 g/mol. The molecule has 33 heavy (non-hydrogen) atoms. The number of carbonyl (C=O) groups excluding carboxylic acids is 3. The summed E-state index contributed by atoms with van der Waals surface area (Å²) in [5.74, 6) is 0.0201. The Labute approximate surface area is 191 Å². The molecule has 0 bridgehead atoms. The summed E-state index contributed by atoms with van der Waals surface area (Å²) in [6.45, 7) is 1.29. The third-order valence-corrected chi connectivity index (χ3v) is 5.33. The fourth-order valence-corrected chi connectivity index (χ4v) is 3.63. The van der Waals surface area contributed by atoms with Crippen LogP contribution in [-0.4, -0.2) is 37.0 Å². The van der Waals surface area contributed by atoms with Crippen molar-refractivity contribution in [1.29, 1.82) is 0 Å². The lowest BCUT2D eigenvalue weighted by atomic mass is 10.1. The largest absolute Gasteiger partial charge is 0.497 e. The molecule has 3 aromatic carbocycles. The lowest BCUT2D eigenvalue weighted by molar-refractivity contribution is -0.120. The summed E-state index contributed by atoms with van der Waals surface area (Å²) < 4.78 is 5.21. The van der Waals surface area contributed by atoms with Crippen molar-refractivity contribution in [2.45, 2.75) is 13.3 Å². The number of ketones is 1. The van der Waals surface area contributed by atoms with E-state index in [4.69, 9.17) is 9.73 Å². The Kier molecular flexibility index (Phi) is 6.31. The molecule has 1 heterocycles. The lowest BCUT2D eigenvalue weighted by Crippen LogP contribution is -2.38. The van der Waals surface area contributed by atoms with E-state index in [0.29, 0.717) is 34.1 Å². The standard InChI is InChI=1S/C26H23N3O4/c1-17(30)19-6-5-7-20(14-19)27-25(31)16-29-24-9-4-3-8-22(24)28-23(15-26(29)32)18-10-12-21(33-2)13-11-18/h3-14H,15-16H2,1-2H3,(H,27,31). The molecule has 0 aromatic heterocycles. The predicted octanol–water partition coefficient (Wildman–Crippen LogP) is 4.39. The number of rotatable bonds is 6. The summed E-state index contributed by atoms with van der Waals surface area (Å²) >= 11 is 0. The zero-order valence-electron chi connectivity index (χ0n) is 18.4. The van der Waals surface area contributed by atoms with Crippen LogP contribution in [0, 0.1) is 0 Å². The van der Waals surface area contributed by atoms with Crippen LogP contribution in [0.4, 0.5) is 17.1 Å². The average Bonchev–Trinajstić information content (AvgIpc) is 2.96. The molecule has 4 rings (SSSR count). The van der Waals surface area contributed by atoms with Crippen LogP contribution >= 0.6 is 0 Å². The van der Waals surface area contributed by atoms with Gasteiger partial charge in [0.2, 0.25) is 11.8 Å². The summed E-state index contributed by atoms with van der Waals surface area (Å²) in [6, 6.07) is 21.3. The van der Waals surface area contributed by atoms with Gasteiger partial charge in [0.25, 0.3) is 0 Å². The minimum absolute atomic E-state index is 0.0497. The molecule has 3 aromatic rings. The van der Waals surface area contributed by atoms with E-state index < -0.39 is 0 Å². The molecular weight excluding hydrogens is 418 g/mol. The van der Waals surface area contributed by atoms with E-state index in [1.807, 2.05) is 36.4 Å². The van der Waals surface area contributed by atoms with Crippen molar-refractivity contribution in [3.05, 3.63) is 83.9 Å². The Morgan fingerprint density at radius 2 is 1.79 bits per heavy atom. The zero-order valence-corrected chi connectivity index (χ0v) is 18.4. The van der Waals surface area contributed by atoms with E-state index in [1.54, 1.807) is 43.5 Å². The van der Waals surface area contributed by atoms with Gasteiger partial charge in [0.05, 0.1) is 30.6 Å². The number of benzene rings is 3. The number of Topliss-reactive ketones (excluding diaryl/α,β-unsaturated/α-hetero) is 1. The zero-order chi connectivity index (χ0) is 23.4. The first kappa shape index (κ1) is 22.0. The average molecular weight is 441 g/mol. The number of hydrogen-bond donors (Lipinski definition) is 1. The van der Waals surface area contributed by atoms with Crippen molar-refractivity contribution < 1.29 is 19.1 Å². The number of anilines is 2. The first-order valence-corrected chi connectivity index (χ1v) is 10.5. The Balaban J connectivity index is 1.58. The van der Waals surface area contributed by atoms with Gasteiger partial charge in [-0.05, 0) is 61.0 Å². The maximum atomic E-state index is 13.2. The summed E-state index contributed by atoms with van der Waals surface area (Å²) in [5, 5.41) is 2.78. The molecule has 0 spiro atoms. The van der Waals surface area contributed by atoms with Gasteiger partial charge in [-0.25, -0.2) is 0 Å². The van der Waals surface area contributed by atoms with Crippen molar-refractivity contribution in [1.82, 2.24) is 0 Å². The van der Waals surface area contributed by atoms with Gasteiger partial charge in [-0.15, -0.1) is 0 Å². The highest BCUT2D eigenvalue weighted by Crippen LogP contribution is 2.33. The van der Waals surface area contributed by atoms with Crippen LogP contribution in [-0.2, 0) is 9.59 Å². The van der Waals surface area contributed by atoms with Crippen LogP contribution in [0.15, 0.2) is 77.8 Å². The van der Waals surface area contributed by atoms with Crippen LogP contribution in [0.3, 0.4) is 0 Å². The summed E-state index contributed by atoms with van der Waals surface area (Å²) in [5.41, 5.74) is 3.61. The van der Waals surface area contributed by atoms with Crippen LogP contribution in [0.1, 0.15) is 29.3 Å². The minimum atomic E-state index is -0.369. The number of aliphatic imine (C=N–C) groups is 1. The molecule has 7 nitrogen and oxygen atoms in total. The number of carbonyl (C=O) groups is 3. The van der Waals surface area contributed by atoms with Gasteiger partial charge in [-0.1, -0.05) is 24.3 Å². The van der Waals surface area contributed by atoms with Gasteiger partial charge in [0, 0.05) is 11.3 Å². The van der Waals surface area contributed by atoms with Crippen LogP contribution in [0.25, 0.3) is 0 Å². The molecule has 7 heteroatoms. The molecular formula is C26H23N3O4. The molecule has 0 fully saturated rings. The second-order valence-corrected chi connectivity index (χ2v) is 7.62. The minimum Gasteiger partial charge on any atom is -0.497 e. The molecule has 0 atom stereocenters. The highest BCUT2D eigenvalue weighted by molar-refractivity contribution is 6.19. The number of amides is 2. The van der Waals surface area contributed by atoms with Crippen molar-refractivity contribution >= 4 is 40.4 Å². The van der Waals surface area contributed by atoms with Crippen LogP contribution < -0.4 is 15.0 Å². The number of hydrogen-bond acceptors (Lipinski definition) is 5. The second-order valence-electron chi connectivity index (χ2n) is 7.62. The summed E-state index contributed by atoms with van der Waals surface area (Å²) in [7, 11) is 1.59. The highest BCUT2D eigenvalue weighted by Gasteiger charge is 2.26. The number of nitrogens with one attached hydrogen (secondary N) is 1. The Hall–Kier alpha value is -4.26. The number of fused-ring (bicyclic) bond motifs is 1. The Morgan fingerprint density at radius 3 is 2.52 bits per heavy atom. The molecule has 1 aliphatic heterocycles. The maximum absolute atomic E-state index is 13.2. The van der Waals surface area contributed by atoms with E-state index in [1.165, 1.54) is 11.8 Å². The quantitative estimate of drug-likeness (QED) is 0.575. The van der Waals surface area contributed by atoms with E-state index in [0.717, 1.165) is 5.56 Å². The van der Waals surface area contributed by atoms with Crippen LogP contribution in [0.2, 0.25) is 0 Å². The fraction of sp³-hybridized carbons (Fsp3) is 0.154. The van der Waals surface area contributed by atoms with Gasteiger partial charge < -0.3 is 15.0 Å². The third-order valence-electron chi connectivity index (χ3n) is 5.33. The van der Waals surface area contributed by atoms with Crippen molar-refractivity contribution in [3.63, 3.8) is 0 Å². The summed E-state index contributed by atoms with van der Waals surface area (Å²) in [6.07, 6.45) is 0.0497.